The van der Waals surface area contributed by atoms with Gasteiger partial charge in [0.25, 0.3) is 0 Å². The average molecular weight is 272 g/mol. The molecule has 0 aromatic heterocycles. The van der Waals surface area contributed by atoms with Crippen LogP contribution in [0.5, 0.6) is 0 Å². The Bertz CT molecular complexity index is 304. The first-order chi connectivity index (χ1) is 7.02. The van der Waals surface area contributed by atoms with E-state index in [-0.39, 0.29) is 0 Å². The minimum absolute atomic E-state index is 0.802. The van der Waals surface area contributed by atoms with E-state index < -0.39 is 41.4 Å². The molecule has 0 saturated carbocycles. The van der Waals surface area contributed by atoms with Crippen LogP contribution < -0.4 is 0 Å². The quantitative estimate of drug-likeness (QED) is 0.521. The Morgan fingerprint density at radius 3 is 2.19 bits per heavy atom. The predicted molar refractivity (Wildman–Crippen MR) is 42.3 cm³/mol. The highest BCUT2D eigenvalue weighted by Gasteiger charge is 2.38. The van der Waals surface area contributed by atoms with E-state index in [1.54, 1.807) is 0 Å². The van der Waals surface area contributed by atoms with Gasteiger partial charge in [0.1, 0.15) is 6.61 Å². The van der Waals surface area contributed by atoms with Crippen LogP contribution in [-0.4, -0.2) is 39.6 Å². The van der Waals surface area contributed by atoms with Crippen LogP contribution >= 0.6 is 0 Å². The molecule has 2 atom stereocenters. The highest BCUT2D eigenvalue weighted by atomic mass is 32.3. The monoisotopic (exact) mass is 272 g/mol. The number of alkyl halides is 4. The molecule has 0 aromatic carbocycles. The van der Waals surface area contributed by atoms with Crippen molar-refractivity contribution in [3.05, 3.63) is 0 Å². The van der Waals surface area contributed by atoms with Crippen molar-refractivity contribution >= 4 is 10.2 Å². The lowest BCUT2D eigenvalue weighted by molar-refractivity contribution is -0.257. The summed E-state index contributed by atoms with van der Waals surface area (Å²) in [6, 6.07) is 0. The van der Waals surface area contributed by atoms with E-state index in [0.717, 1.165) is 6.92 Å². The molecule has 98 valence electrons. The van der Waals surface area contributed by atoms with Gasteiger partial charge in [-0.3, -0.25) is 0 Å². The molecular weight excluding hydrogens is 263 g/mol. The average Bonchev–Trinajstić information content (AvgIpc) is 1.95. The number of rotatable bonds is 7. The molecular formula is C6H9F5O4S. The predicted octanol–water partition coefficient (Wildman–Crippen LogP) is 1.52. The van der Waals surface area contributed by atoms with Crippen molar-refractivity contribution in [3.8, 4) is 0 Å². The summed E-state index contributed by atoms with van der Waals surface area (Å²) in [6.45, 7) is -0.618. The number of hydrogen-bond donors (Lipinski definition) is 0. The normalized spacial score (nSPS) is 17.1. The third kappa shape index (κ3) is 8.80. The van der Waals surface area contributed by atoms with Crippen LogP contribution in [0.1, 0.15) is 6.92 Å². The summed E-state index contributed by atoms with van der Waals surface area (Å²) >= 11 is 0. The Balaban J connectivity index is 4.08. The van der Waals surface area contributed by atoms with Gasteiger partial charge in [-0.25, -0.2) is 8.78 Å². The van der Waals surface area contributed by atoms with Gasteiger partial charge in [-0.2, -0.15) is 17.2 Å². The first-order valence-corrected chi connectivity index (χ1v) is 5.45. The van der Waals surface area contributed by atoms with Gasteiger partial charge >= 0.3 is 16.3 Å². The minimum Gasteiger partial charge on any atom is -0.314 e. The van der Waals surface area contributed by atoms with Gasteiger partial charge in [0.05, 0.1) is 0 Å². The third-order valence-corrected chi connectivity index (χ3v) is 1.78. The smallest absolute Gasteiger partial charge is 0.314 e. The topological polar surface area (TPSA) is 52.6 Å². The fraction of sp³-hybridized carbons (Fsp3) is 1.00. The number of ether oxygens (including phenoxy) is 2. The summed E-state index contributed by atoms with van der Waals surface area (Å²) in [6.07, 6.45) is -8.95. The van der Waals surface area contributed by atoms with Crippen molar-refractivity contribution in [1.82, 2.24) is 0 Å². The summed E-state index contributed by atoms with van der Waals surface area (Å²) in [5.41, 5.74) is 0. The zero-order chi connectivity index (χ0) is 13.0. The molecule has 0 rings (SSSR count). The maximum atomic E-state index is 12.5. The summed E-state index contributed by atoms with van der Waals surface area (Å²) in [5, 5.41) is 0. The summed E-state index contributed by atoms with van der Waals surface area (Å²) in [7, 11) is -5.47. The van der Waals surface area contributed by atoms with Crippen LogP contribution in [0.3, 0.4) is 0 Å². The molecule has 16 heavy (non-hydrogen) atoms. The molecule has 0 fully saturated rings. The van der Waals surface area contributed by atoms with E-state index in [2.05, 4.69) is 9.47 Å². The second-order valence-electron chi connectivity index (χ2n) is 2.72. The SMILES string of the molecule is CC(F)OC(F)COC(F)(F)CS(=O)(=O)F. The second-order valence-corrected chi connectivity index (χ2v) is 4.09. The fourth-order valence-electron chi connectivity index (χ4n) is 0.673. The molecule has 10 heteroatoms. The first-order valence-electron chi connectivity index (χ1n) is 3.89. The molecule has 0 radical (unpaired) electrons. The summed E-state index contributed by atoms with van der Waals surface area (Å²) in [4.78, 5) is 0. The highest BCUT2D eigenvalue weighted by Crippen LogP contribution is 2.19. The van der Waals surface area contributed by atoms with Crippen LogP contribution in [0.2, 0.25) is 0 Å². The van der Waals surface area contributed by atoms with Crippen molar-refractivity contribution in [2.75, 3.05) is 12.4 Å². The molecule has 0 heterocycles. The van der Waals surface area contributed by atoms with Crippen molar-refractivity contribution < 1.29 is 39.3 Å². The molecule has 4 nitrogen and oxygen atoms in total. The van der Waals surface area contributed by atoms with E-state index >= 15 is 0 Å². The van der Waals surface area contributed by atoms with Crippen LogP contribution in [0, 0.1) is 0 Å². The van der Waals surface area contributed by atoms with Crippen molar-refractivity contribution in [2.45, 2.75) is 25.7 Å². The van der Waals surface area contributed by atoms with Crippen molar-refractivity contribution in [2.24, 2.45) is 0 Å². The summed E-state index contributed by atoms with van der Waals surface area (Å²) in [5.74, 6) is -2.24. The fourth-order valence-corrected chi connectivity index (χ4v) is 1.16. The van der Waals surface area contributed by atoms with Gasteiger partial charge in [0.15, 0.2) is 12.1 Å². The Hall–Kier alpha value is -0.480. The molecule has 0 spiro atoms. The third-order valence-electron chi connectivity index (χ3n) is 1.10. The lowest BCUT2D eigenvalue weighted by Crippen LogP contribution is -2.33. The number of hydrogen-bond acceptors (Lipinski definition) is 4. The van der Waals surface area contributed by atoms with E-state index in [9.17, 15) is 29.9 Å². The zero-order valence-corrected chi connectivity index (χ0v) is 8.82. The minimum atomic E-state index is -5.47. The molecule has 0 aliphatic rings. The largest absolute Gasteiger partial charge is 0.372 e. The van der Waals surface area contributed by atoms with E-state index in [0.29, 0.717) is 0 Å². The molecule has 0 aliphatic heterocycles. The van der Waals surface area contributed by atoms with Crippen LogP contribution in [0.4, 0.5) is 21.4 Å². The van der Waals surface area contributed by atoms with Crippen molar-refractivity contribution in [3.63, 3.8) is 0 Å². The Labute approximate surface area is 88.5 Å². The van der Waals surface area contributed by atoms with Crippen LogP contribution in [0.25, 0.3) is 0 Å². The Morgan fingerprint density at radius 1 is 1.31 bits per heavy atom. The van der Waals surface area contributed by atoms with E-state index in [4.69, 9.17) is 0 Å². The number of halogens is 5. The Morgan fingerprint density at radius 2 is 1.81 bits per heavy atom. The van der Waals surface area contributed by atoms with Crippen molar-refractivity contribution in [1.29, 1.82) is 0 Å². The standard InChI is InChI=1S/C6H9F5O4S/c1-4(7)15-5(8)2-14-6(9,10)3-16(11,12)13/h4-5H,2-3H2,1H3. The lowest BCUT2D eigenvalue weighted by atomic mass is 10.6. The van der Waals surface area contributed by atoms with Gasteiger partial charge < -0.3 is 9.47 Å². The van der Waals surface area contributed by atoms with Gasteiger partial charge in [-0.15, -0.1) is 3.89 Å². The molecule has 0 aliphatic carbocycles. The van der Waals surface area contributed by atoms with Gasteiger partial charge in [0, 0.05) is 0 Å². The van der Waals surface area contributed by atoms with Gasteiger partial charge in [-0.05, 0) is 6.92 Å². The lowest BCUT2D eigenvalue weighted by Gasteiger charge is -2.17. The molecule has 0 N–H and O–H groups in total. The molecule has 0 saturated heterocycles. The maximum absolute atomic E-state index is 12.5. The molecule has 2 unspecified atom stereocenters. The van der Waals surface area contributed by atoms with Gasteiger partial charge in [-0.1, -0.05) is 0 Å². The van der Waals surface area contributed by atoms with E-state index in [1.807, 2.05) is 0 Å². The first kappa shape index (κ1) is 15.5. The van der Waals surface area contributed by atoms with Crippen LogP contribution in [-0.2, 0) is 19.7 Å². The van der Waals surface area contributed by atoms with E-state index in [1.165, 1.54) is 0 Å². The molecule has 0 amide bonds. The van der Waals surface area contributed by atoms with Crippen LogP contribution in [0.15, 0.2) is 0 Å². The van der Waals surface area contributed by atoms with Gasteiger partial charge in [0.2, 0.25) is 6.36 Å². The Kier molecular flexibility index (Phi) is 5.56. The maximum Gasteiger partial charge on any atom is 0.372 e. The summed E-state index contributed by atoms with van der Waals surface area (Å²) < 4.78 is 88.1. The molecule has 0 aromatic rings. The molecule has 0 bridgehead atoms. The second kappa shape index (κ2) is 5.73. The highest BCUT2D eigenvalue weighted by molar-refractivity contribution is 7.86. The zero-order valence-electron chi connectivity index (χ0n) is 8.00.